The van der Waals surface area contributed by atoms with Crippen LogP contribution in [-0.2, 0) is 11.3 Å². The van der Waals surface area contributed by atoms with Crippen molar-refractivity contribution in [1.82, 2.24) is 9.78 Å². The van der Waals surface area contributed by atoms with Gasteiger partial charge in [-0.3, -0.25) is 9.48 Å². The van der Waals surface area contributed by atoms with Crippen molar-refractivity contribution < 1.29 is 27.1 Å². The van der Waals surface area contributed by atoms with Crippen LogP contribution in [0.4, 0.5) is 23.2 Å². The topological polar surface area (TPSA) is 56.1 Å². The third-order valence-electron chi connectivity index (χ3n) is 3.97. The summed E-state index contributed by atoms with van der Waals surface area (Å²) in [5, 5.41) is 6.28. The number of hydrogen-bond acceptors (Lipinski definition) is 3. The molecule has 0 unspecified atom stereocenters. The predicted molar refractivity (Wildman–Crippen MR) is 85.6 cm³/mol. The molecule has 2 aromatic rings. The summed E-state index contributed by atoms with van der Waals surface area (Å²) in [5.41, 5.74) is 1.03. The number of carbonyl (C=O) groups excluding carboxylic acids is 1. The van der Waals surface area contributed by atoms with Crippen molar-refractivity contribution in [3.63, 3.8) is 0 Å². The van der Waals surface area contributed by atoms with Gasteiger partial charge < -0.3 is 10.1 Å². The fourth-order valence-electron chi connectivity index (χ4n) is 2.66. The van der Waals surface area contributed by atoms with Crippen LogP contribution in [0.15, 0.2) is 24.3 Å². The fraction of sp³-hybridized carbons (Fsp3) is 0.412. The maximum atomic E-state index is 12.9. The number of rotatable bonds is 7. The van der Waals surface area contributed by atoms with Gasteiger partial charge in [-0.2, -0.15) is 13.9 Å². The third kappa shape index (κ3) is 4.33. The van der Waals surface area contributed by atoms with E-state index < -0.39 is 18.9 Å². The highest BCUT2D eigenvalue weighted by Crippen LogP contribution is 2.41. The smallest absolute Gasteiger partial charge is 0.387 e. The van der Waals surface area contributed by atoms with E-state index in [4.69, 9.17) is 0 Å². The van der Waals surface area contributed by atoms with Crippen molar-refractivity contribution in [2.24, 2.45) is 0 Å². The number of benzene rings is 1. The molecule has 1 aromatic carbocycles. The molecule has 1 aromatic heterocycles. The van der Waals surface area contributed by atoms with Gasteiger partial charge in [-0.15, -0.1) is 0 Å². The van der Waals surface area contributed by atoms with Crippen LogP contribution in [0, 0.1) is 6.92 Å². The van der Waals surface area contributed by atoms with Crippen molar-refractivity contribution in [1.29, 1.82) is 0 Å². The summed E-state index contributed by atoms with van der Waals surface area (Å²) in [4.78, 5) is 12.3. The molecule has 0 radical (unpaired) electrons. The lowest BCUT2D eigenvalue weighted by molar-refractivity contribution is -0.117. The van der Waals surface area contributed by atoms with Crippen LogP contribution in [0.25, 0.3) is 0 Å². The minimum Gasteiger partial charge on any atom is -0.433 e. The molecular formula is C17H17F4N3O2. The van der Waals surface area contributed by atoms with E-state index in [1.807, 2.05) is 0 Å². The Bertz CT molecular complexity index is 803. The molecule has 0 bridgehead atoms. The van der Waals surface area contributed by atoms with Crippen LogP contribution >= 0.6 is 0 Å². The van der Waals surface area contributed by atoms with E-state index >= 15 is 0 Å². The highest BCUT2D eigenvalue weighted by atomic mass is 19.3. The van der Waals surface area contributed by atoms with Crippen LogP contribution in [0.2, 0.25) is 0 Å². The Morgan fingerprint density at radius 3 is 2.65 bits per heavy atom. The minimum absolute atomic E-state index is 0.0875. The molecule has 9 heteroatoms. The van der Waals surface area contributed by atoms with Crippen LogP contribution in [0.3, 0.4) is 0 Å². The van der Waals surface area contributed by atoms with Gasteiger partial charge in [0.1, 0.15) is 18.0 Å². The number of nitrogens with zero attached hydrogens (tertiary/aromatic N) is 2. The van der Waals surface area contributed by atoms with Gasteiger partial charge in [0.15, 0.2) is 0 Å². The largest absolute Gasteiger partial charge is 0.433 e. The number of nitrogens with one attached hydrogen (secondary N) is 1. The van der Waals surface area contributed by atoms with Gasteiger partial charge in [0.05, 0.1) is 5.69 Å². The molecule has 1 aliphatic carbocycles. The molecule has 3 rings (SSSR count). The molecule has 1 saturated carbocycles. The number of anilines is 1. The summed E-state index contributed by atoms with van der Waals surface area (Å²) >= 11 is 0. The van der Waals surface area contributed by atoms with E-state index in [1.165, 1.54) is 22.9 Å². The zero-order valence-electron chi connectivity index (χ0n) is 13.9. The maximum absolute atomic E-state index is 12.9. The highest BCUT2D eigenvalue weighted by molar-refractivity contribution is 5.92. The van der Waals surface area contributed by atoms with E-state index in [0.29, 0.717) is 5.69 Å². The van der Waals surface area contributed by atoms with Crippen molar-refractivity contribution in [2.75, 3.05) is 5.32 Å². The van der Waals surface area contributed by atoms with Crippen LogP contribution in [-0.4, -0.2) is 22.3 Å². The maximum Gasteiger partial charge on any atom is 0.387 e. The highest BCUT2D eigenvalue weighted by Gasteiger charge is 2.30. The number of amides is 1. The Morgan fingerprint density at radius 1 is 1.31 bits per heavy atom. The van der Waals surface area contributed by atoms with Gasteiger partial charge in [-0.25, -0.2) is 8.78 Å². The number of ether oxygens (including phenoxy) is 1. The van der Waals surface area contributed by atoms with Gasteiger partial charge in [0.2, 0.25) is 5.91 Å². The van der Waals surface area contributed by atoms with Crippen molar-refractivity contribution in [3.05, 3.63) is 41.2 Å². The molecule has 140 valence electrons. The lowest BCUT2D eigenvalue weighted by atomic mass is 10.2. The lowest BCUT2D eigenvalue weighted by Crippen LogP contribution is -2.21. The van der Waals surface area contributed by atoms with E-state index in [-0.39, 0.29) is 29.6 Å². The number of halogens is 4. The van der Waals surface area contributed by atoms with Gasteiger partial charge >= 0.3 is 6.61 Å². The zero-order valence-corrected chi connectivity index (χ0v) is 13.9. The fourth-order valence-corrected chi connectivity index (χ4v) is 2.66. The predicted octanol–water partition coefficient (Wildman–Crippen LogP) is 4.25. The Labute approximate surface area is 146 Å². The van der Waals surface area contributed by atoms with Gasteiger partial charge in [0.25, 0.3) is 6.43 Å². The summed E-state index contributed by atoms with van der Waals surface area (Å²) in [6, 6.07) is 5.70. The summed E-state index contributed by atoms with van der Waals surface area (Å²) in [7, 11) is 0. The zero-order chi connectivity index (χ0) is 18.8. The second-order valence-electron chi connectivity index (χ2n) is 6.15. The number of alkyl halides is 4. The average molecular weight is 371 g/mol. The molecule has 0 aliphatic heterocycles. The Morgan fingerprint density at radius 2 is 2.04 bits per heavy atom. The van der Waals surface area contributed by atoms with Crippen molar-refractivity contribution >= 4 is 11.6 Å². The van der Waals surface area contributed by atoms with E-state index in [0.717, 1.165) is 18.4 Å². The first kappa shape index (κ1) is 18.2. The number of aromatic nitrogens is 2. The molecule has 26 heavy (non-hydrogen) atoms. The first-order chi connectivity index (χ1) is 12.3. The first-order valence-corrected chi connectivity index (χ1v) is 8.04. The third-order valence-corrected chi connectivity index (χ3v) is 3.97. The number of hydrogen-bond donors (Lipinski definition) is 1. The monoisotopic (exact) mass is 371 g/mol. The van der Waals surface area contributed by atoms with Crippen LogP contribution < -0.4 is 10.1 Å². The summed E-state index contributed by atoms with van der Waals surface area (Å²) in [6.45, 7) is -1.59. The second kappa shape index (κ2) is 7.35. The second-order valence-corrected chi connectivity index (χ2v) is 6.15. The molecule has 0 atom stereocenters. The van der Waals surface area contributed by atoms with Crippen molar-refractivity contribution in [2.45, 2.75) is 45.3 Å². The molecule has 1 amide bonds. The van der Waals surface area contributed by atoms with Crippen LogP contribution in [0.5, 0.6) is 5.75 Å². The molecule has 0 saturated heterocycles. The summed E-state index contributed by atoms with van der Waals surface area (Å²) in [5.74, 6) is -0.616. The average Bonchev–Trinajstić information content (AvgIpc) is 3.30. The van der Waals surface area contributed by atoms with Gasteiger partial charge in [-0.05, 0) is 43.5 Å². The molecule has 1 aliphatic rings. The molecule has 5 nitrogen and oxygen atoms in total. The molecule has 0 spiro atoms. The Kier molecular flexibility index (Phi) is 5.15. The van der Waals surface area contributed by atoms with Crippen LogP contribution in [0.1, 0.15) is 42.1 Å². The van der Waals surface area contributed by atoms with E-state index in [9.17, 15) is 22.4 Å². The minimum atomic E-state index is -3.03. The first-order valence-electron chi connectivity index (χ1n) is 8.04. The van der Waals surface area contributed by atoms with E-state index in [1.54, 1.807) is 13.0 Å². The number of aryl methyl sites for hydroxylation is 1. The lowest BCUT2D eigenvalue weighted by Gasteiger charge is -2.13. The van der Waals surface area contributed by atoms with E-state index in [2.05, 4.69) is 15.2 Å². The standard InChI is InChI=1S/C17H17F4N3O2/c1-9-2-5-14(26-17(20)21)11(6-9)22-15(25)8-24-13(10-3-4-10)7-12(23-24)16(18)19/h2,5-7,10,16-17H,3-4,8H2,1H3,(H,22,25). The molecular weight excluding hydrogens is 354 g/mol. The quantitative estimate of drug-likeness (QED) is 0.741. The van der Waals surface area contributed by atoms with Gasteiger partial charge in [0, 0.05) is 11.6 Å². The normalized spacial score (nSPS) is 14.1. The Balaban J connectivity index is 1.76. The summed E-state index contributed by atoms with van der Waals surface area (Å²) < 4.78 is 56.4. The van der Waals surface area contributed by atoms with Crippen molar-refractivity contribution in [3.8, 4) is 5.75 Å². The number of carbonyl (C=O) groups is 1. The Hall–Kier alpha value is -2.58. The summed E-state index contributed by atoms with van der Waals surface area (Å²) in [6.07, 6.45) is -1.000. The van der Waals surface area contributed by atoms with Gasteiger partial charge in [-0.1, -0.05) is 6.07 Å². The SMILES string of the molecule is Cc1ccc(OC(F)F)c(NC(=O)Cn2nc(C(F)F)cc2C2CC2)c1. The molecule has 1 heterocycles. The molecule has 1 N–H and O–H groups in total. The molecule has 1 fully saturated rings.